The molecule has 0 spiro atoms. The van der Waals surface area contributed by atoms with Gasteiger partial charge in [-0.25, -0.2) is 0 Å². The van der Waals surface area contributed by atoms with Crippen LogP contribution in [-0.2, 0) is 4.79 Å². The molecule has 0 bridgehead atoms. The smallest absolute Gasteiger partial charge is 0.228 e. The zero-order chi connectivity index (χ0) is 9.97. The third-order valence-corrected chi connectivity index (χ3v) is 2.36. The molecule has 14 heavy (non-hydrogen) atoms. The Hall–Kier alpha value is -1.77. The van der Waals surface area contributed by atoms with E-state index in [1.807, 2.05) is 30.3 Å². The molecule has 0 radical (unpaired) electrons. The van der Waals surface area contributed by atoms with Gasteiger partial charge in [-0.15, -0.1) is 0 Å². The Kier molecular flexibility index (Phi) is 2.23. The molecule has 2 rings (SSSR count). The molecule has 1 aliphatic rings. The molecule has 1 aromatic rings. The summed E-state index contributed by atoms with van der Waals surface area (Å²) in [5.41, 5.74) is 4.93. The Morgan fingerprint density at radius 1 is 1.43 bits per heavy atom. The van der Waals surface area contributed by atoms with Crippen LogP contribution >= 0.6 is 0 Å². The molecular weight excluding hydrogens is 176 g/mol. The summed E-state index contributed by atoms with van der Waals surface area (Å²) < 4.78 is 0. The topological polar surface area (TPSA) is 32.3 Å². The van der Waals surface area contributed by atoms with E-state index >= 15 is 0 Å². The number of amides is 1. The zero-order valence-electron chi connectivity index (χ0n) is 7.81. The SMILES string of the molecule is C=C1CC(c2ccccc2)N(C=O)N1. The van der Waals surface area contributed by atoms with E-state index in [2.05, 4.69) is 12.0 Å². The van der Waals surface area contributed by atoms with Crippen molar-refractivity contribution in [3.63, 3.8) is 0 Å². The van der Waals surface area contributed by atoms with Crippen LogP contribution in [0, 0.1) is 0 Å². The minimum atomic E-state index is 0.0844. The van der Waals surface area contributed by atoms with E-state index in [1.54, 1.807) is 5.01 Å². The average Bonchev–Trinajstić information content (AvgIpc) is 2.61. The molecule has 1 aliphatic heterocycles. The fraction of sp³-hybridized carbons (Fsp3) is 0.182. The van der Waals surface area contributed by atoms with Gasteiger partial charge >= 0.3 is 0 Å². The van der Waals surface area contributed by atoms with E-state index in [-0.39, 0.29) is 6.04 Å². The molecule has 1 unspecified atom stereocenters. The predicted molar refractivity (Wildman–Crippen MR) is 54.0 cm³/mol. The van der Waals surface area contributed by atoms with Gasteiger partial charge in [0, 0.05) is 12.1 Å². The molecule has 1 fully saturated rings. The standard InChI is InChI=1S/C11H12N2O/c1-9-7-11(13(8-14)12-9)10-5-3-2-4-6-10/h2-6,8,11-12H,1,7H2. The Morgan fingerprint density at radius 3 is 2.79 bits per heavy atom. The first-order valence-corrected chi connectivity index (χ1v) is 4.54. The first kappa shape index (κ1) is 8.81. The van der Waals surface area contributed by atoms with Crippen LogP contribution in [-0.4, -0.2) is 11.4 Å². The van der Waals surface area contributed by atoms with Gasteiger partial charge in [-0.1, -0.05) is 36.9 Å². The van der Waals surface area contributed by atoms with Crippen LogP contribution in [0.5, 0.6) is 0 Å². The number of hydrazine groups is 1. The van der Waals surface area contributed by atoms with Crippen molar-refractivity contribution in [3.05, 3.63) is 48.2 Å². The van der Waals surface area contributed by atoms with Gasteiger partial charge < -0.3 is 5.43 Å². The molecule has 1 amide bonds. The van der Waals surface area contributed by atoms with E-state index < -0.39 is 0 Å². The number of hydrogen-bond acceptors (Lipinski definition) is 2. The maximum Gasteiger partial charge on any atom is 0.228 e. The first-order chi connectivity index (χ1) is 6.81. The van der Waals surface area contributed by atoms with E-state index in [0.717, 1.165) is 24.1 Å². The second kappa shape index (κ2) is 3.54. The van der Waals surface area contributed by atoms with E-state index in [1.165, 1.54) is 0 Å². The maximum absolute atomic E-state index is 10.8. The molecule has 1 aromatic carbocycles. The van der Waals surface area contributed by atoms with Gasteiger partial charge in [-0.3, -0.25) is 9.80 Å². The van der Waals surface area contributed by atoms with Gasteiger partial charge in [-0.2, -0.15) is 0 Å². The minimum Gasteiger partial charge on any atom is -0.300 e. The van der Waals surface area contributed by atoms with E-state index in [4.69, 9.17) is 0 Å². The lowest BCUT2D eigenvalue weighted by atomic mass is 10.0. The first-order valence-electron chi connectivity index (χ1n) is 4.54. The summed E-state index contributed by atoms with van der Waals surface area (Å²) in [7, 11) is 0. The number of benzene rings is 1. The van der Waals surface area contributed by atoms with Crippen LogP contribution in [0.25, 0.3) is 0 Å². The van der Waals surface area contributed by atoms with E-state index in [9.17, 15) is 4.79 Å². The molecule has 0 aliphatic carbocycles. The largest absolute Gasteiger partial charge is 0.300 e. The van der Waals surface area contributed by atoms with Crippen molar-refractivity contribution in [1.29, 1.82) is 0 Å². The molecule has 1 heterocycles. The highest BCUT2D eigenvalue weighted by atomic mass is 16.1. The summed E-state index contributed by atoms with van der Waals surface area (Å²) in [6, 6.07) is 10.0. The van der Waals surface area contributed by atoms with Gasteiger partial charge in [0.15, 0.2) is 0 Å². The third kappa shape index (κ3) is 1.48. The summed E-state index contributed by atoms with van der Waals surface area (Å²) in [5.74, 6) is 0. The van der Waals surface area contributed by atoms with Gasteiger partial charge in [-0.05, 0) is 5.56 Å². The minimum absolute atomic E-state index is 0.0844. The van der Waals surface area contributed by atoms with Crippen molar-refractivity contribution in [3.8, 4) is 0 Å². The van der Waals surface area contributed by atoms with Crippen molar-refractivity contribution in [2.75, 3.05) is 0 Å². The second-order valence-corrected chi connectivity index (χ2v) is 3.36. The maximum atomic E-state index is 10.8. The molecular formula is C11H12N2O. The lowest BCUT2D eigenvalue weighted by Crippen LogP contribution is -2.30. The number of carbonyl (C=O) groups is 1. The van der Waals surface area contributed by atoms with Crippen LogP contribution in [0.3, 0.4) is 0 Å². The Labute approximate surface area is 83.0 Å². The molecule has 3 nitrogen and oxygen atoms in total. The molecule has 0 aromatic heterocycles. The van der Waals surface area contributed by atoms with Crippen molar-refractivity contribution >= 4 is 6.41 Å². The van der Waals surface area contributed by atoms with Gasteiger partial charge in [0.2, 0.25) is 6.41 Å². The lowest BCUT2D eigenvalue weighted by Gasteiger charge is -2.18. The summed E-state index contributed by atoms with van der Waals surface area (Å²) in [6.07, 6.45) is 1.58. The molecule has 0 saturated carbocycles. The third-order valence-electron chi connectivity index (χ3n) is 2.36. The number of nitrogens with one attached hydrogen (secondary N) is 1. The summed E-state index contributed by atoms with van der Waals surface area (Å²) in [4.78, 5) is 10.8. The van der Waals surface area contributed by atoms with Crippen LogP contribution < -0.4 is 5.43 Å². The zero-order valence-corrected chi connectivity index (χ0v) is 7.81. The van der Waals surface area contributed by atoms with Gasteiger partial charge in [0.1, 0.15) is 0 Å². The van der Waals surface area contributed by atoms with Crippen molar-refractivity contribution in [1.82, 2.24) is 10.4 Å². The number of nitrogens with zero attached hydrogens (tertiary/aromatic N) is 1. The Bertz CT molecular complexity index is 348. The highest BCUT2D eigenvalue weighted by Gasteiger charge is 2.26. The number of rotatable bonds is 2. The number of hydrogen-bond donors (Lipinski definition) is 1. The molecule has 72 valence electrons. The summed E-state index contributed by atoms with van der Waals surface area (Å²) >= 11 is 0. The van der Waals surface area contributed by atoms with Crippen LogP contribution in [0.1, 0.15) is 18.0 Å². The Morgan fingerprint density at radius 2 is 2.14 bits per heavy atom. The average molecular weight is 188 g/mol. The summed E-state index contributed by atoms with van der Waals surface area (Å²) in [5, 5.41) is 1.55. The van der Waals surface area contributed by atoms with Crippen LogP contribution in [0.4, 0.5) is 0 Å². The van der Waals surface area contributed by atoms with Crippen LogP contribution in [0.2, 0.25) is 0 Å². The lowest BCUT2D eigenvalue weighted by molar-refractivity contribution is -0.121. The summed E-state index contributed by atoms with van der Waals surface area (Å²) in [6.45, 7) is 3.82. The highest BCUT2D eigenvalue weighted by molar-refractivity contribution is 5.50. The quantitative estimate of drug-likeness (QED) is 0.715. The number of carbonyl (C=O) groups excluding carboxylic acids is 1. The highest BCUT2D eigenvalue weighted by Crippen LogP contribution is 2.29. The normalized spacial score (nSPS) is 20.7. The second-order valence-electron chi connectivity index (χ2n) is 3.36. The fourth-order valence-electron chi connectivity index (χ4n) is 1.69. The molecule has 1 N–H and O–H groups in total. The van der Waals surface area contributed by atoms with Crippen molar-refractivity contribution in [2.45, 2.75) is 12.5 Å². The van der Waals surface area contributed by atoms with Gasteiger partial charge in [0.25, 0.3) is 0 Å². The van der Waals surface area contributed by atoms with Crippen molar-refractivity contribution < 1.29 is 4.79 Å². The van der Waals surface area contributed by atoms with Gasteiger partial charge in [0.05, 0.1) is 6.04 Å². The fourth-order valence-corrected chi connectivity index (χ4v) is 1.69. The molecule has 1 saturated heterocycles. The van der Waals surface area contributed by atoms with Crippen LogP contribution in [0.15, 0.2) is 42.6 Å². The van der Waals surface area contributed by atoms with Crippen molar-refractivity contribution in [2.24, 2.45) is 0 Å². The Balaban J connectivity index is 2.26. The van der Waals surface area contributed by atoms with E-state index in [0.29, 0.717) is 0 Å². The predicted octanol–water partition coefficient (Wildman–Crippen LogP) is 1.61. The monoisotopic (exact) mass is 188 g/mol. The molecule has 3 heteroatoms. The molecule has 1 atom stereocenters.